The molecule has 1 aliphatic heterocycles. The maximum atomic E-state index is 9.85. The molecule has 0 spiro atoms. The summed E-state index contributed by atoms with van der Waals surface area (Å²) in [5, 5.41) is 13.2. The summed E-state index contributed by atoms with van der Waals surface area (Å²) in [7, 11) is 0. The van der Waals surface area contributed by atoms with Crippen molar-refractivity contribution in [1.82, 2.24) is 5.32 Å². The van der Waals surface area contributed by atoms with Crippen LogP contribution in [0.1, 0.15) is 32.1 Å². The molecular formula is C8H15NO. The molecule has 0 radical (unpaired) electrons. The van der Waals surface area contributed by atoms with Gasteiger partial charge in [-0.15, -0.1) is 0 Å². The van der Waals surface area contributed by atoms with E-state index in [-0.39, 0.29) is 5.60 Å². The third kappa shape index (κ3) is 0.867. The van der Waals surface area contributed by atoms with Gasteiger partial charge in [-0.05, 0) is 38.6 Å². The highest BCUT2D eigenvalue weighted by Gasteiger charge is 2.42. The average Bonchev–Trinajstić information content (AvgIpc) is 2.33. The van der Waals surface area contributed by atoms with Gasteiger partial charge in [-0.2, -0.15) is 0 Å². The Bertz CT molecular complexity index is 125. The van der Waals surface area contributed by atoms with Crippen molar-refractivity contribution in [3.05, 3.63) is 0 Å². The lowest BCUT2D eigenvalue weighted by molar-refractivity contribution is -0.0599. The molecule has 2 fully saturated rings. The van der Waals surface area contributed by atoms with Crippen molar-refractivity contribution in [2.75, 3.05) is 6.54 Å². The van der Waals surface area contributed by atoms with E-state index >= 15 is 0 Å². The first-order chi connectivity index (χ1) is 4.81. The number of aliphatic hydroxyl groups is 1. The fourth-order valence-electron chi connectivity index (χ4n) is 2.03. The maximum Gasteiger partial charge on any atom is 0.0800 e. The monoisotopic (exact) mass is 141 g/mol. The van der Waals surface area contributed by atoms with Crippen molar-refractivity contribution in [1.29, 1.82) is 0 Å². The van der Waals surface area contributed by atoms with E-state index in [1.807, 2.05) is 0 Å². The van der Waals surface area contributed by atoms with Gasteiger partial charge in [0.25, 0.3) is 0 Å². The third-order valence-electron chi connectivity index (χ3n) is 2.93. The van der Waals surface area contributed by atoms with Gasteiger partial charge in [0.15, 0.2) is 0 Å². The van der Waals surface area contributed by atoms with Crippen LogP contribution in [0.2, 0.25) is 0 Å². The molecule has 0 amide bonds. The van der Waals surface area contributed by atoms with E-state index < -0.39 is 0 Å². The zero-order chi connectivity index (χ0) is 7.03. The molecule has 2 heteroatoms. The van der Waals surface area contributed by atoms with Crippen molar-refractivity contribution >= 4 is 0 Å². The van der Waals surface area contributed by atoms with Gasteiger partial charge in [-0.1, -0.05) is 0 Å². The van der Waals surface area contributed by atoms with Crippen LogP contribution < -0.4 is 5.32 Å². The highest BCUT2D eigenvalue weighted by molar-refractivity contribution is 4.99. The van der Waals surface area contributed by atoms with Gasteiger partial charge in [-0.3, -0.25) is 0 Å². The predicted octanol–water partition coefficient (Wildman–Crippen LogP) is 0.653. The molecule has 1 heterocycles. The lowest BCUT2D eigenvalue weighted by atomic mass is 9.74. The Morgan fingerprint density at radius 1 is 1.30 bits per heavy atom. The van der Waals surface area contributed by atoms with E-state index in [0.717, 1.165) is 19.4 Å². The van der Waals surface area contributed by atoms with E-state index in [1.54, 1.807) is 0 Å². The summed E-state index contributed by atoms with van der Waals surface area (Å²) >= 11 is 0. The molecule has 2 N–H and O–H groups in total. The second-order valence-electron chi connectivity index (χ2n) is 3.61. The molecule has 0 bridgehead atoms. The average molecular weight is 141 g/mol. The maximum absolute atomic E-state index is 9.85. The summed E-state index contributed by atoms with van der Waals surface area (Å²) < 4.78 is 0. The second kappa shape index (κ2) is 2.21. The van der Waals surface area contributed by atoms with Gasteiger partial charge < -0.3 is 10.4 Å². The van der Waals surface area contributed by atoms with Crippen LogP contribution in [0.4, 0.5) is 0 Å². The van der Waals surface area contributed by atoms with Crippen molar-refractivity contribution < 1.29 is 5.11 Å². The van der Waals surface area contributed by atoms with Gasteiger partial charge in [0.2, 0.25) is 0 Å². The molecule has 1 aliphatic carbocycles. The summed E-state index contributed by atoms with van der Waals surface area (Å²) in [6.07, 6.45) is 5.67. The Labute approximate surface area is 61.6 Å². The second-order valence-corrected chi connectivity index (χ2v) is 3.61. The Hall–Kier alpha value is -0.0800. The van der Waals surface area contributed by atoms with Crippen LogP contribution in [-0.2, 0) is 0 Å². The quantitative estimate of drug-likeness (QED) is 0.562. The number of hydrogen-bond donors (Lipinski definition) is 2. The first-order valence-electron chi connectivity index (χ1n) is 4.27. The molecule has 0 aromatic heterocycles. The zero-order valence-corrected chi connectivity index (χ0v) is 6.27. The Morgan fingerprint density at radius 2 is 2.10 bits per heavy atom. The summed E-state index contributed by atoms with van der Waals surface area (Å²) in [5.74, 6) is 0. The molecule has 1 saturated carbocycles. The molecule has 2 rings (SSSR count). The third-order valence-corrected chi connectivity index (χ3v) is 2.93. The molecule has 10 heavy (non-hydrogen) atoms. The fraction of sp³-hybridized carbons (Fsp3) is 1.00. The van der Waals surface area contributed by atoms with E-state index in [4.69, 9.17) is 0 Å². The number of nitrogens with one attached hydrogen (secondary N) is 1. The molecule has 0 unspecified atom stereocenters. The summed E-state index contributed by atoms with van der Waals surface area (Å²) in [5.41, 5.74) is -0.309. The van der Waals surface area contributed by atoms with E-state index in [0.29, 0.717) is 6.04 Å². The Kier molecular flexibility index (Phi) is 1.46. The predicted molar refractivity (Wildman–Crippen MR) is 39.8 cm³/mol. The normalized spacial score (nSPS) is 37.5. The molecule has 2 nitrogen and oxygen atoms in total. The Balaban J connectivity index is 1.96. The molecule has 58 valence electrons. The molecule has 1 atom stereocenters. The van der Waals surface area contributed by atoms with Crippen LogP contribution in [0.25, 0.3) is 0 Å². The highest BCUT2D eigenvalue weighted by Crippen LogP contribution is 2.37. The number of hydrogen-bond acceptors (Lipinski definition) is 2. The molecular weight excluding hydrogens is 126 g/mol. The van der Waals surface area contributed by atoms with E-state index in [9.17, 15) is 5.11 Å². The van der Waals surface area contributed by atoms with Gasteiger partial charge in [0, 0.05) is 6.04 Å². The topological polar surface area (TPSA) is 32.3 Å². The SMILES string of the molecule is OC1([C@@H]2CCCN2)CCC1. The van der Waals surface area contributed by atoms with Crippen molar-refractivity contribution in [2.45, 2.75) is 43.7 Å². The molecule has 0 aromatic carbocycles. The minimum atomic E-state index is -0.309. The summed E-state index contributed by atoms with van der Waals surface area (Å²) in [6, 6.07) is 0.418. The first-order valence-corrected chi connectivity index (χ1v) is 4.27. The van der Waals surface area contributed by atoms with Crippen LogP contribution in [0.3, 0.4) is 0 Å². The summed E-state index contributed by atoms with van der Waals surface area (Å²) in [6.45, 7) is 1.10. The van der Waals surface area contributed by atoms with Crippen LogP contribution in [-0.4, -0.2) is 23.3 Å². The molecule has 0 aromatic rings. The van der Waals surface area contributed by atoms with Crippen molar-refractivity contribution in [3.8, 4) is 0 Å². The number of rotatable bonds is 1. The standard InChI is InChI=1S/C8H15NO/c10-8(4-2-5-8)7-3-1-6-9-7/h7,9-10H,1-6H2/t7-/m0/s1. The zero-order valence-electron chi connectivity index (χ0n) is 6.27. The van der Waals surface area contributed by atoms with Crippen molar-refractivity contribution in [2.24, 2.45) is 0 Å². The van der Waals surface area contributed by atoms with Gasteiger partial charge in [0.05, 0.1) is 5.60 Å². The smallest absolute Gasteiger partial charge is 0.0800 e. The van der Waals surface area contributed by atoms with E-state index in [1.165, 1.54) is 19.3 Å². The van der Waals surface area contributed by atoms with Crippen LogP contribution in [0, 0.1) is 0 Å². The fourth-order valence-corrected chi connectivity index (χ4v) is 2.03. The largest absolute Gasteiger partial charge is 0.388 e. The van der Waals surface area contributed by atoms with Gasteiger partial charge >= 0.3 is 0 Å². The van der Waals surface area contributed by atoms with Gasteiger partial charge in [-0.25, -0.2) is 0 Å². The lowest BCUT2D eigenvalue weighted by Crippen LogP contribution is -2.52. The van der Waals surface area contributed by atoms with E-state index in [2.05, 4.69) is 5.32 Å². The highest BCUT2D eigenvalue weighted by atomic mass is 16.3. The minimum Gasteiger partial charge on any atom is -0.388 e. The Morgan fingerprint density at radius 3 is 2.50 bits per heavy atom. The minimum absolute atomic E-state index is 0.309. The molecule has 1 saturated heterocycles. The lowest BCUT2D eigenvalue weighted by Gasteiger charge is -2.41. The van der Waals surface area contributed by atoms with Crippen LogP contribution >= 0.6 is 0 Å². The molecule has 2 aliphatic rings. The first kappa shape index (κ1) is 6.62. The van der Waals surface area contributed by atoms with Gasteiger partial charge in [0.1, 0.15) is 0 Å². The summed E-state index contributed by atoms with van der Waals surface area (Å²) in [4.78, 5) is 0. The van der Waals surface area contributed by atoms with Crippen molar-refractivity contribution in [3.63, 3.8) is 0 Å². The van der Waals surface area contributed by atoms with Crippen LogP contribution in [0.15, 0.2) is 0 Å². The van der Waals surface area contributed by atoms with Crippen LogP contribution in [0.5, 0.6) is 0 Å².